The number of halogens is 1. The van der Waals surface area contributed by atoms with Crippen molar-refractivity contribution in [3.8, 4) is 5.75 Å². The number of allylic oxidation sites excluding steroid dienone is 1. The third-order valence-electron chi connectivity index (χ3n) is 6.20. The summed E-state index contributed by atoms with van der Waals surface area (Å²) in [6, 6.07) is 5.42. The summed E-state index contributed by atoms with van der Waals surface area (Å²) in [5, 5.41) is 6.71. The summed E-state index contributed by atoms with van der Waals surface area (Å²) in [6.07, 6.45) is 11.0. The first-order chi connectivity index (χ1) is 15.6. The third kappa shape index (κ3) is 4.93. The van der Waals surface area contributed by atoms with Gasteiger partial charge in [0.2, 0.25) is 17.8 Å². The first kappa shape index (κ1) is 22.3. The summed E-state index contributed by atoms with van der Waals surface area (Å²) >= 11 is 0. The second kappa shape index (κ2) is 10.1. The van der Waals surface area contributed by atoms with Gasteiger partial charge in [-0.15, -0.1) is 0 Å². The molecule has 1 aliphatic heterocycles. The average molecular weight is 442 g/mol. The van der Waals surface area contributed by atoms with E-state index in [-0.39, 0.29) is 29.7 Å². The largest absolute Gasteiger partial charge is 0.494 e. The lowest BCUT2D eigenvalue weighted by Crippen LogP contribution is -2.52. The number of nitrogen functional groups attached to an aromatic ring is 1. The minimum atomic E-state index is -0.466. The fourth-order valence-electron chi connectivity index (χ4n) is 4.71. The number of hydrogen-bond donors (Lipinski definition) is 3. The number of nitrogens with one attached hydrogen (secondary N) is 2. The summed E-state index contributed by atoms with van der Waals surface area (Å²) in [5.41, 5.74) is 6.60. The zero-order valence-electron chi connectivity index (χ0n) is 18.7. The first-order valence-corrected chi connectivity index (χ1v) is 11.4. The van der Waals surface area contributed by atoms with E-state index in [0.717, 1.165) is 38.6 Å². The monoisotopic (exact) mass is 441 g/mol. The number of hydrogen-bond acceptors (Lipinski definition) is 8. The maximum absolute atomic E-state index is 14.1. The van der Waals surface area contributed by atoms with Crippen molar-refractivity contribution >= 4 is 23.5 Å². The van der Waals surface area contributed by atoms with Crippen LogP contribution >= 0.6 is 0 Å². The quantitative estimate of drug-likeness (QED) is 0.532. The van der Waals surface area contributed by atoms with Crippen LogP contribution in [0.2, 0.25) is 0 Å². The van der Waals surface area contributed by atoms with Crippen LogP contribution in [-0.4, -0.2) is 46.7 Å². The summed E-state index contributed by atoms with van der Waals surface area (Å²) in [4.78, 5) is 15.8. The molecule has 0 spiro atoms. The van der Waals surface area contributed by atoms with Crippen molar-refractivity contribution < 1.29 is 9.13 Å². The molecule has 1 fully saturated rings. The van der Waals surface area contributed by atoms with E-state index in [1.807, 2.05) is 0 Å². The number of rotatable bonds is 8. The predicted molar refractivity (Wildman–Crippen MR) is 125 cm³/mol. The number of ether oxygens (including phenoxy) is 1. The van der Waals surface area contributed by atoms with Crippen LogP contribution in [0.4, 0.5) is 27.9 Å². The lowest BCUT2D eigenvalue weighted by Gasteiger charge is -2.40. The second-order valence-electron chi connectivity index (χ2n) is 8.30. The molecule has 2 heterocycles. The van der Waals surface area contributed by atoms with Crippen molar-refractivity contribution in [1.29, 1.82) is 0 Å². The van der Waals surface area contributed by atoms with E-state index >= 15 is 0 Å². The molecule has 1 saturated heterocycles. The molecular weight excluding hydrogens is 409 g/mol. The number of anilines is 4. The maximum Gasteiger partial charge on any atom is 0.233 e. The van der Waals surface area contributed by atoms with Gasteiger partial charge in [0, 0.05) is 23.8 Å². The number of nitrogens with two attached hydrogens (primary N) is 1. The molecule has 4 N–H and O–H groups in total. The van der Waals surface area contributed by atoms with Crippen LogP contribution < -0.4 is 26.0 Å². The van der Waals surface area contributed by atoms with E-state index in [9.17, 15) is 4.39 Å². The lowest BCUT2D eigenvalue weighted by molar-refractivity contribution is 0.386. The molecule has 9 heteroatoms. The minimum Gasteiger partial charge on any atom is -0.494 e. The number of nitrogens with zero attached hydrogens (tertiary/aromatic N) is 4. The topological polar surface area (TPSA) is 101 Å². The van der Waals surface area contributed by atoms with Crippen molar-refractivity contribution in [2.24, 2.45) is 0 Å². The summed E-state index contributed by atoms with van der Waals surface area (Å²) in [7, 11) is 1.43. The Morgan fingerprint density at radius 2 is 2.16 bits per heavy atom. The Labute approximate surface area is 188 Å². The Bertz CT molecular complexity index is 948. The second-order valence-corrected chi connectivity index (χ2v) is 8.30. The molecule has 0 saturated carbocycles. The van der Waals surface area contributed by atoms with Crippen LogP contribution in [0.1, 0.15) is 45.4 Å². The fraction of sp³-hybridized carbons (Fsp3) is 0.522. The Balaban J connectivity index is 1.67. The highest BCUT2D eigenvalue weighted by molar-refractivity contribution is 5.57. The fourth-order valence-corrected chi connectivity index (χ4v) is 4.71. The molecule has 32 heavy (non-hydrogen) atoms. The molecule has 2 aromatic rings. The molecule has 172 valence electrons. The van der Waals surface area contributed by atoms with Gasteiger partial charge in [-0.05, 0) is 57.2 Å². The van der Waals surface area contributed by atoms with E-state index in [4.69, 9.17) is 15.5 Å². The molecule has 1 aromatic heterocycles. The van der Waals surface area contributed by atoms with Gasteiger partial charge in [0.25, 0.3) is 0 Å². The Hall–Kier alpha value is -2.94. The first-order valence-electron chi connectivity index (χ1n) is 11.4. The summed E-state index contributed by atoms with van der Waals surface area (Å²) in [6.45, 7) is 3.23. The zero-order valence-corrected chi connectivity index (χ0v) is 18.7. The highest BCUT2D eigenvalue weighted by atomic mass is 19.1. The molecule has 1 aromatic carbocycles. The van der Waals surface area contributed by atoms with Crippen LogP contribution in [0, 0.1) is 5.82 Å². The molecule has 4 rings (SSSR count). The van der Waals surface area contributed by atoms with Crippen LogP contribution in [-0.2, 0) is 0 Å². The van der Waals surface area contributed by atoms with Crippen molar-refractivity contribution in [1.82, 2.24) is 20.3 Å². The SMILES string of the molecule is CCC(C1CCCN1)N(c1nc(N)nc(Nc2ccc(OC)c(F)c2)n1)C1C=CCCC1. The standard InChI is InChI=1S/C23H32FN7O/c1-3-19(18-10-7-13-26-18)31(16-8-5-4-6-9-16)23-29-21(25)28-22(30-23)27-15-11-12-20(32-2)17(24)14-15/h5,8,11-12,14,16,18-19,26H,3-4,6-7,9-10,13H2,1-2H3,(H3,25,27,28,29,30). The minimum absolute atomic E-state index is 0.130. The number of methoxy groups -OCH3 is 1. The Kier molecular flexibility index (Phi) is 7.04. The van der Waals surface area contributed by atoms with E-state index in [1.165, 1.54) is 19.6 Å². The van der Waals surface area contributed by atoms with Crippen LogP contribution in [0.3, 0.4) is 0 Å². The van der Waals surface area contributed by atoms with Crippen LogP contribution in [0.5, 0.6) is 5.75 Å². The van der Waals surface area contributed by atoms with E-state index < -0.39 is 5.82 Å². The predicted octanol–water partition coefficient (Wildman–Crippen LogP) is 3.79. The van der Waals surface area contributed by atoms with Gasteiger partial charge >= 0.3 is 0 Å². The Morgan fingerprint density at radius 1 is 1.28 bits per heavy atom. The van der Waals surface area contributed by atoms with Crippen LogP contribution in [0.15, 0.2) is 30.4 Å². The smallest absolute Gasteiger partial charge is 0.233 e. The van der Waals surface area contributed by atoms with Crippen molar-refractivity contribution in [3.63, 3.8) is 0 Å². The summed E-state index contributed by atoms with van der Waals surface area (Å²) in [5.74, 6) is 0.677. The maximum atomic E-state index is 14.1. The number of aromatic nitrogens is 3. The Morgan fingerprint density at radius 3 is 2.81 bits per heavy atom. The molecule has 3 atom stereocenters. The molecule has 2 aliphatic rings. The summed E-state index contributed by atoms with van der Waals surface area (Å²) < 4.78 is 19.1. The van der Waals surface area contributed by atoms with E-state index in [2.05, 4.69) is 44.6 Å². The van der Waals surface area contributed by atoms with Gasteiger partial charge in [0.05, 0.1) is 13.2 Å². The van der Waals surface area contributed by atoms with Crippen molar-refractivity contribution in [2.75, 3.05) is 29.6 Å². The molecule has 3 unspecified atom stereocenters. The van der Waals surface area contributed by atoms with Gasteiger partial charge in [-0.2, -0.15) is 15.0 Å². The zero-order chi connectivity index (χ0) is 22.5. The van der Waals surface area contributed by atoms with E-state index in [0.29, 0.717) is 17.7 Å². The van der Waals surface area contributed by atoms with Crippen LogP contribution in [0.25, 0.3) is 0 Å². The van der Waals surface area contributed by atoms with Gasteiger partial charge in [0.15, 0.2) is 11.6 Å². The lowest BCUT2D eigenvalue weighted by atomic mass is 9.95. The third-order valence-corrected chi connectivity index (χ3v) is 6.20. The van der Waals surface area contributed by atoms with Gasteiger partial charge in [-0.1, -0.05) is 19.1 Å². The van der Waals surface area contributed by atoms with Crippen molar-refractivity contribution in [3.05, 3.63) is 36.2 Å². The van der Waals surface area contributed by atoms with Gasteiger partial charge < -0.3 is 26.0 Å². The van der Waals surface area contributed by atoms with Gasteiger partial charge in [-0.25, -0.2) is 4.39 Å². The van der Waals surface area contributed by atoms with E-state index in [1.54, 1.807) is 12.1 Å². The molecule has 8 nitrogen and oxygen atoms in total. The van der Waals surface area contributed by atoms with Crippen molar-refractivity contribution in [2.45, 2.75) is 63.6 Å². The molecular formula is C23H32FN7O. The molecule has 1 aliphatic carbocycles. The highest BCUT2D eigenvalue weighted by Crippen LogP contribution is 2.30. The average Bonchev–Trinajstić information content (AvgIpc) is 3.32. The molecule has 0 amide bonds. The normalized spacial score (nSPS) is 21.3. The molecule has 0 radical (unpaired) electrons. The van der Waals surface area contributed by atoms with Gasteiger partial charge in [-0.3, -0.25) is 0 Å². The highest BCUT2D eigenvalue weighted by Gasteiger charge is 2.34. The molecule has 0 bridgehead atoms. The number of benzene rings is 1. The van der Waals surface area contributed by atoms with Gasteiger partial charge in [0.1, 0.15) is 0 Å².